The Morgan fingerprint density at radius 2 is 1.67 bits per heavy atom. The fraction of sp³-hybridized carbons (Fsp3) is 0.857. The number of carbonyl (C=O) groups is 2. The number of nitrogens with one attached hydrogen (secondary N) is 2. The van der Waals surface area contributed by atoms with Crippen LogP contribution in [0.15, 0.2) is 0 Å². The second kappa shape index (κ2) is 5.72. The lowest BCUT2D eigenvalue weighted by Gasteiger charge is -2.38. The topological polar surface area (TPSA) is 58.2 Å². The van der Waals surface area contributed by atoms with Crippen molar-refractivity contribution in [3.05, 3.63) is 0 Å². The first-order valence-electron chi connectivity index (χ1n) is 6.93. The van der Waals surface area contributed by atoms with Gasteiger partial charge in [-0.1, -0.05) is 40.0 Å². The van der Waals surface area contributed by atoms with Crippen LogP contribution in [0.1, 0.15) is 59.8 Å². The van der Waals surface area contributed by atoms with Gasteiger partial charge in [0.1, 0.15) is 5.54 Å². The van der Waals surface area contributed by atoms with Crippen molar-refractivity contribution in [1.82, 2.24) is 10.6 Å². The molecule has 104 valence electrons. The maximum absolute atomic E-state index is 12.3. The number of rotatable bonds is 3. The molecule has 18 heavy (non-hydrogen) atoms. The van der Waals surface area contributed by atoms with Crippen molar-refractivity contribution in [3.63, 3.8) is 0 Å². The van der Waals surface area contributed by atoms with E-state index in [4.69, 9.17) is 0 Å². The minimum atomic E-state index is -0.682. The normalized spacial score (nSPS) is 19.1. The molecule has 0 aromatic carbocycles. The third kappa shape index (κ3) is 3.47. The van der Waals surface area contributed by atoms with Crippen LogP contribution < -0.4 is 10.6 Å². The lowest BCUT2D eigenvalue weighted by atomic mass is 9.79. The van der Waals surface area contributed by atoms with Crippen LogP contribution in [-0.4, -0.2) is 23.9 Å². The zero-order valence-electron chi connectivity index (χ0n) is 12.1. The van der Waals surface area contributed by atoms with Crippen LogP contribution >= 0.6 is 0 Å². The van der Waals surface area contributed by atoms with E-state index >= 15 is 0 Å². The van der Waals surface area contributed by atoms with E-state index in [1.807, 2.05) is 27.7 Å². The van der Waals surface area contributed by atoms with Gasteiger partial charge in [-0.15, -0.1) is 0 Å². The zero-order chi connectivity index (χ0) is 13.8. The van der Waals surface area contributed by atoms with E-state index in [-0.39, 0.29) is 11.8 Å². The van der Waals surface area contributed by atoms with E-state index < -0.39 is 11.0 Å². The summed E-state index contributed by atoms with van der Waals surface area (Å²) < 4.78 is 0. The molecule has 0 aromatic rings. The van der Waals surface area contributed by atoms with Crippen LogP contribution in [0.3, 0.4) is 0 Å². The van der Waals surface area contributed by atoms with Gasteiger partial charge in [0, 0.05) is 12.0 Å². The second-order valence-corrected chi connectivity index (χ2v) is 6.21. The fourth-order valence-electron chi connectivity index (χ4n) is 2.30. The number of hydrogen-bond acceptors (Lipinski definition) is 2. The van der Waals surface area contributed by atoms with Crippen molar-refractivity contribution in [2.75, 3.05) is 6.54 Å². The summed E-state index contributed by atoms with van der Waals surface area (Å²) in [5, 5.41) is 5.87. The Balaban J connectivity index is 2.84. The summed E-state index contributed by atoms with van der Waals surface area (Å²) in [6.07, 6.45) is 4.65. The molecule has 0 aromatic heterocycles. The number of likely N-dealkylation sites (N-methyl/N-ethyl adjacent to an activating group) is 1. The summed E-state index contributed by atoms with van der Waals surface area (Å²) in [5.74, 6) is -0.0713. The van der Waals surface area contributed by atoms with Crippen molar-refractivity contribution in [3.8, 4) is 0 Å². The van der Waals surface area contributed by atoms with E-state index in [0.29, 0.717) is 6.54 Å². The summed E-state index contributed by atoms with van der Waals surface area (Å²) in [7, 11) is 0. The van der Waals surface area contributed by atoms with Gasteiger partial charge >= 0.3 is 0 Å². The first kappa shape index (κ1) is 15.0. The van der Waals surface area contributed by atoms with Crippen molar-refractivity contribution in [2.24, 2.45) is 5.41 Å². The van der Waals surface area contributed by atoms with Crippen LogP contribution in [0, 0.1) is 5.41 Å². The Kier molecular flexibility index (Phi) is 4.77. The largest absolute Gasteiger partial charge is 0.354 e. The van der Waals surface area contributed by atoms with E-state index in [1.165, 1.54) is 0 Å². The van der Waals surface area contributed by atoms with Gasteiger partial charge in [0.25, 0.3) is 0 Å². The second-order valence-electron chi connectivity index (χ2n) is 6.21. The van der Waals surface area contributed by atoms with Gasteiger partial charge in [-0.25, -0.2) is 0 Å². The molecule has 0 aliphatic heterocycles. The van der Waals surface area contributed by atoms with Crippen LogP contribution in [0.5, 0.6) is 0 Å². The van der Waals surface area contributed by atoms with Gasteiger partial charge < -0.3 is 10.6 Å². The summed E-state index contributed by atoms with van der Waals surface area (Å²) in [6.45, 7) is 8.12. The molecule has 2 amide bonds. The maximum atomic E-state index is 12.3. The molecule has 1 aliphatic carbocycles. The standard InChI is InChI=1S/C14H26N2O2/c1-5-15-12(18)14(9-7-6-8-10-14)16-11(17)13(2,3)4/h5-10H2,1-4H3,(H,15,18)(H,16,17). The first-order valence-corrected chi connectivity index (χ1v) is 6.93. The van der Waals surface area contributed by atoms with Gasteiger partial charge in [0.15, 0.2) is 0 Å². The molecule has 1 saturated carbocycles. The Labute approximate surface area is 110 Å². The van der Waals surface area contributed by atoms with E-state index in [1.54, 1.807) is 0 Å². The predicted molar refractivity (Wildman–Crippen MR) is 72.1 cm³/mol. The van der Waals surface area contributed by atoms with E-state index in [0.717, 1.165) is 32.1 Å². The monoisotopic (exact) mass is 254 g/mol. The molecule has 4 nitrogen and oxygen atoms in total. The Morgan fingerprint density at radius 1 is 1.11 bits per heavy atom. The van der Waals surface area contributed by atoms with Gasteiger partial charge in [-0.2, -0.15) is 0 Å². The highest BCUT2D eigenvalue weighted by Gasteiger charge is 2.42. The highest BCUT2D eigenvalue weighted by atomic mass is 16.2. The third-order valence-corrected chi connectivity index (χ3v) is 3.51. The van der Waals surface area contributed by atoms with Crippen molar-refractivity contribution >= 4 is 11.8 Å². The lowest BCUT2D eigenvalue weighted by molar-refractivity contribution is -0.138. The fourth-order valence-corrected chi connectivity index (χ4v) is 2.30. The summed E-state index contributed by atoms with van der Waals surface area (Å²) in [5.41, 5.74) is -1.14. The van der Waals surface area contributed by atoms with Crippen molar-refractivity contribution < 1.29 is 9.59 Å². The summed E-state index contributed by atoms with van der Waals surface area (Å²) >= 11 is 0. The van der Waals surface area contributed by atoms with Crippen LogP contribution in [-0.2, 0) is 9.59 Å². The Bertz CT molecular complexity index is 312. The van der Waals surface area contributed by atoms with Gasteiger partial charge in [-0.05, 0) is 19.8 Å². The molecular weight excluding hydrogens is 228 g/mol. The Morgan fingerprint density at radius 3 is 2.11 bits per heavy atom. The van der Waals surface area contributed by atoms with Crippen molar-refractivity contribution in [1.29, 1.82) is 0 Å². The molecule has 4 heteroatoms. The molecule has 0 bridgehead atoms. The number of hydrogen-bond donors (Lipinski definition) is 2. The number of amides is 2. The molecular formula is C14H26N2O2. The molecule has 2 N–H and O–H groups in total. The first-order chi connectivity index (χ1) is 8.32. The highest BCUT2D eigenvalue weighted by molar-refractivity contribution is 5.93. The van der Waals surface area contributed by atoms with Crippen LogP contribution in [0.4, 0.5) is 0 Å². The van der Waals surface area contributed by atoms with Crippen LogP contribution in [0.25, 0.3) is 0 Å². The average molecular weight is 254 g/mol. The van der Waals surface area contributed by atoms with Crippen molar-refractivity contribution in [2.45, 2.75) is 65.3 Å². The maximum Gasteiger partial charge on any atom is 0.245 e. The molecule has 0 unspecified atom stereocenters. The molecule has 1 fully saturated rings. The molecule has 1 rings (SSSR count). The quantitative estimate of drug-likeness (QED) is 0.809. The van der Waals surface area contributed by atoms with Gasteiger partial charge in [-0.3, -0.25) is 9.59 Å². The highest BCUT2D eigenvalue weighted by Crippen LogP contribution is 2.30. The molecule has 0 atom stereocenters. The molecule has 0 spiro atoms. The Hall–Kier alpha value is -1.06. The summed E-state index contributed by atoms with van der Waals surface area (Å²) in [6, 6.07) is 0. The van der Waals surface area contributed by atoms with Gasteiger partial charge in [0.2, 0.25) is 11.8 Å². The minimum absolute atomic E-state index is 0.0256. The molecule has 0 saturated heterocycles. The average Bonchev–Trinajstić information content (AvgIpc) is 2.29. The molecule has 0 radical (unpaired) electrons. The SMILES string of the molecule is CCNC(=O)C1(NC(=O)C(C)(C)C)CCCCC1. The minimum Gasteiger partial charge on any atom is -0.354 e. The number of carbonyl (C=O) groups excluding carboxylic acids is 2. The van der Waals surface area contributed by atoms with Crippen LogP contribution in [0.2, 0.25) is 0 Å². The summed E-state index contributed by atoms with van der Waals surface area (Å²) in [4.78, 5) is 24.4. The smallest absolute Gasteiger partial charge is 0.245 e. The molecule has 1 aliphatic rings. The van der Waals surface area contributed by atoms with E-state index in [2.05, 4.69) is 10.6 Å². The third-order valence-electron chi connectivity index (χ3n) is 3.51. The van der Waals surface area contributed by atoms with E-state index in [9.17, 15) is 9.59 Å². The molecule has 0 heterocycles. The zero-order valence-corrected chi connectivity index (χ0v) is 12.1. The lowest BCUT2D eigenvalue weighted by Crippen LogP contribution is -2.61. The van der Waals surface area contributed by atoms with Gasteiger partial charge in [0.05, 0.1) is 0 Å². The predicted octanol–water partition coefficient (Wildman–Crippen LogP) is 1.99.